The highest BCUT2D eigenvalue weighted by Gasteiger charge is 2.29. The topological polar surface area (TPSA) is 63.4 Å². The average Bonchev–Trinajstić information content (AvgIpc) is 2.52. The van der Waals surface area contributed by atoms with Crippen molar-refractivity contribution >= 4 is 11.8 Å². The van der Waals surface area contributed by atoms with Gasteiger partial charge in [0.1, 0.15) is 0 Å². The molecule has 0 radical (unpaired) electrons. The first-order chi connectivity index (χ1) is 11.3. The quantitative estimate of drug-likeness (QED) is 0.894. The maximum atomic E-state index is 12.6. The smallest absolute Gasteiger partial charge is 0.370 e. The zero-order valence-electron chi connectivity index (χ0n) is 13.3. The number of benzene rings is 1. The van der Waals surface area contributed by atoms with E-state index in [2.05, 4.69) is 0 Å². The summed E-state index contributed by atoms with van der Waals surface area (Å²) in [6.07, 6.45) is -2.50. The molecule has 0 bridgehead atoms. The number of hydrogen-bond donors (Lipinski definition) is 1. The Morgan fingerprint density at radius 2 is 1.83 bits per heavy atom. The molecule has 2 amide bonds. The number of hydrogen-bond acceptors (Lipinski definition) is 2. The van der Waals surface area contributed by atoms with Gasteiger partial charge in [-0.05, 0) is 43.4 Å². The highest BCUT2D eigenvalue weighted by Crippen LogP contribution is 2.24. The molecule has 4 nitrogen and oxygen atoms in total. The van der Waals surface area contributed by atoms with Gasteiger partial charge in [0.05, 0.1) is 0 Å². The van der Waals surface area contributed by atoms with Crippen molar-refractivity contribution < 1.29 is 22.8 Å². The van der Waals surface area contributed by atoms with Crippen LogP contribution in [0.3, 0.4) is 0 Å². The van der Waals surface area contributed by atoms with E-state index in [4.69, 9.17) is 5.73 Å². The molecule has 1 saturated heterocycles. The lowest BCUT2D eigenvalue weighted by Gasteiger charge is -2.35. The number of nitrogens with two attached hydrogens (primary N) is 1. The minimum atomic E-state index is -4.19. The van der Waals surface area contributed by atoms with Gasteiger partial charge in [0.15, 0.2) is 0 Å². The van der Waals surface area contributed by atoms with Crippen LogP contribution in [-0.2, 0) is 11.2 Å². The van der Waals surface area contributed by atoms with Crippen molar-refractivity contribution in [2.45, 2.75) is 50.7 Å². The molecule has 0 aliphatic carbocycles. The second-order valence-corrected chi connectivity index (χ2v) is 6.13. The monoisotopic (exact) mass is 342 g/mol. The summed E-state index contributed by atoms with van der Waals surface area (Å²) in [7, 11) is 0. The first-order valence-electron chi connectivity index (χ1n) is 8.01. The lowest BCUT2D eigenvalue weighted by Crippen LogP contribution is -2.45. The number of halogens is 3. The third-order valence-corrected chi connectivity index (χ3v) is 4.22. The Balaban J connectivity index is 2.04. The van der Waals surface area contributed by atoms with Gasteiger partial charge in [0.2, 0.25) is 5.91 Å². The Morgan fingerprint density at radius 1 is 1.17 bits per heavy atom. The molecule has 1 aromatic rings. The van der Waals surface area contributed by atoms with Crippen LogP contribution in [0.15, 0.2) is 24.3 Å². The summed E-state index contributed by atoms with van der Waals surface area (Å²) in [6.45, 7) is 0.562. The first-order valence-corrected chi connectivity index (χ1v) is 8.01. The SMILES string of the molecule is NC(=O)C[C@H]1CCCCN1C(=O)c1ccc(CCC(F)(F)F)cc1. The summed E-state index contributed by atoms with van der Waals surface area (Å²) in [5, 5.41) is 0. The van der Waals surface area contributed by atoms with E-state index >= 15 is 0 Å². The van der Waals surface area contributed by atoms with E-state index in [9.17, 15) is 22.8 Å². The molecule has 0 aromatic heterocycles. The molecular formula is C17H21F3N2O2. The number of aryl methyl sites for hydroxylation is 1. The van der Waals surface area contributed by atoms with Gasteiger partial charge in [-0.25, -0.2) is 0 Å². The van der Waals surface area contributed by atoms with E-state index in [1.54, 1.807) is 29.2 Å². The Labute approximate surface area is 138 Å². The minimum absolute atomic E-state index is 0.105. The summed E-state index contributed by atoms with van der Waals surface area (Å²) < 4.78 is 36.7. The number of alkyl halides is 3. The molecule has 7 heteroatoms. The maximum absolute atomic E-state index is 12.6. The van der Waals surface area contributed by atoms with Crippen LogP contribution in [-0.4, -0.2) is 35.5 Å². The van der Waals surface area contributed by atoms with Crippen LogP contribution in [0.25, 0.3) is 0 Å². The summed E-state index contributed by atoms with van der Waals surface area (Å²) >= 11 is 0. The van der Waals surface area contributed by atoms with E-state index in [1.165, 1.54) is 0 Å². The first kappa shape index (κ1) is 18.3. The number of nitrogens with zero attached hydrogens (tertiary/aromatic N) is 1. The van der Waals surface area contributed by atoms with Crippen molar-refractivity contribution in [3.8, 4) is 0 Å². The highest BCUT2D eigenvalue weighted by atomic mass is 19.4. The lowest BCUT2D eigenvalue weighted by molar-refractivity contribution is -0.134. The van der Waals surface area contributed by atoms with Crippen LogP contribution in [0.4, 0.5) is 13.2 Å². The van der Waals surface area contributed by atoms with Crippen LogP contribution in [0, 0.1) is 0 Å². The van der Waals surface area contributed by atoms with Gasteiger partial charge in [-0.2, -0.15) is 13.2 Å². The summed E-state index contributed by atoms with van der Waals surface area (Å²) in [5.74, 6) is -0.648. The van der Waals surface area contributed by atoms with Crippen molar-refractivity contribution in [2.24, 2.45) is 5.73 Å². The number of rotatable bonds is 5. The standard InChI is InChI=1S/C17H21F3N2O2/c18-17(19,20)9-8-12-4-6-13(7-5-12)16(24)22-10-2-1-3-14(22)11-15(21)23/h4-7,14H,1-3,8-11H2,(H2,21,23)/t14-/m1/s1. The lowest BCUT2D eigenvalue weighted by atomic mass is 9.97. The fourth-order valence-electron chi connectivity index (χ4n) is 2.98. The zero-order valence-corrected chi connectivity index (χ0v) is 13.3. The number of likely N-dealkylation sites (tertiary alicyclic amines) is 1. The number of amides is 2. The molecule has 1 fully saturated rings. The zero-order chi connectivity index (χ0) is 17.7. The Bertz CT molecular complexity index is 584. The van der Waals surface area contributed by atoms with E-state index in [1.807, 2.05) is 0 Å². The molecule has 24 heavy (non-hydrogen) atoms. The van der Waals surface area contributed by atoms with Gasteiger partial charge < -0.3 is 10.6 Å². The second-order valence-electron chi connectivity index (χ2n) is 6.13. The van der Waals surface area contributed by atoms with Crippen LogP contribution in [0.5, 0.6) is 0 Å². The molecule has 2 N–H and O–H groups in total. The molecule has 1 aromatic carbocycles. The number of carbonyl (C=O) groups is 2. The van der Waals surface area contributed by atoms with Gasteiger partial charge >= 0.3 is 6.18 Å². The highest BCUT2D eigenvalue weighted by molar-refractivity contribution is 5.94. The molecule has 0 spiro atoms. The van der Waals surface area contributed by atoms with Gasteiger partial charge in [-0.15, -0.1) is 0 Å². The van der Waals surface area contributed by atoms with E-state index in [0.29, 0.717) is 17.7 Å². The summed E-state index contributed by atoms with van der Waals surface area (Å²) in [6, 6.07) is 5.99. The number of primary amides is 1. The van der Waals surface area contributed by atoms with Crippen molar-refractivity contribution in [3.63, 3.8) is 0 Å². The second kappa shape index (κ2) is 7.68. The molecule has 1 atom stereocenters. The summed E-state index contributed by atoms with van der Waals surface area (Å²) in [4.78, 5) is 25.4. The molecule has 0 saturated carbocycles. The van der Waals surface area contributed by atoms with Gasteiger partial charge in [0.25, 0.3) is 5.91 Å². The van der Waals surface area contributed by atoms with Gasteiger partial charge in [-0.3, -0.25) is 9.59 Å². The number of carbonyl (C=O) groups excluding carboxylic acids is 2. The fourth-order valence-corrected chi connectivity index (χ4v) is 2.98. The molecule has 1 aliphatic rings. The average molecular weight is 342 g/mol. The minimum Gasteiger partial charge on any atom is -0.370 e. The molecule has 0 unspecified atom stereocenters. The molecule has 132 valence electrons. The van der Waals surface area contributed by atoms with Crippen LogP contribution < -0.4 is 5.73 Å². The maximum Gasteiger partial charge on any atom is 0.389 e. The molecule has 2 rings (SSSR count). The van der Waals surface area contributed by atoms with Crippen molar-refractivity contribution in [1.82, 2.24) is 4.90 Å². The predicted molar refractivity (Wildman–Crippen MR) is 83.3 cm³/mol. The fraction of sp³-hybridized carbons (Fsp3) is 0.529. The van der Waals surface area contributed by atoms with Crippen molar-refractivity contribution in [2.75, 3.05) is 6.54 Å². The molecular weight excluding hydrogens is 321 g/mol. The van der Waals surface area contributed by atoms with Crippen LogP contribution in [0.1, 0.15) is 48.0 Å². The predicted octanol–water partition coefficient (Wildman–Crippen LogP) is 3.05. The van der Waals surface area contributed by atoms with Crippen LogP contribution in [0.2, 0.25) is 0 Å². The van der Waals surface area contributed by atoms with Crippen molar-refractivity contribution in [3.05, 3.63) is 35.4 Å². The van der Waals surface area contributed by atoms with Gasteiger partial charge in [-0.1, -0.05) is 12.1 Å². The molecule has 1 heterocycles. The van der Waals surface area contributed by atoms with Crippen molar-refractivity contribution in [1.29, 1.82) is 0 Å². The normalized spacial score (nSPS) is 18.5. The molecule has 1 aliphatic heterocycles. The Kier molecular flexibility index (Phi) is 5.85. The van der Waals surface area contributed by atoms with E-state index in [-0.39, 0.29) is 24.8 Å². The van der Waals surface area contributed by atoms with Gasteiger partial charge in [0, 0.05) is 31.0 Å². The van der Waals surface area contributed by atoms with E-state index < -0.39 is 18.5 Å². The summed E-state index contributed by atoms with van der Waals surface area (Å²) in [5.41, 5.74) is 6.20. The largest absolute Gasteiger partial charge is 0.389 e. The number of piperidine rings is 1. The third-order valence-electron chi connectivity index (χ3n) is 4.22. The Hall–Kier alpha value is -2.05. The van der Waals surface area contributed by atoms with E-state index in [0.717, 1.165) is 19.3 Å². The third kappa shape index (κ3) is 5.25. The van der Waals surface area contributed by atoms with Crippen LogP contribution >= 0.6 is 0 Å². The Morgan fingerprint density at radius 3 is 2.42 bits per heavy atom.